The van der Waals surface area contributed by atoms with E-state index in [2.05, 4.69) is 63.6 Å². The Morgan fingerprint density at radius 1 is 0.759 bits per heavy atom. The summed E-state index contributed by atoms with van der Waals surface area (Å²) in [5, 5.41) is 7.34. The molecule has 0 fully saturated rings. The number of nitrogens with zero attached hydrogens (tertiary/aromatic N) is 2. The molecule has 0 saturated carbocycles. The van der Waals surface area contributed by atoms with Crippen molar-refractivity contribution in [3.05, 3.63) is 114 Å². The summed E-state index contributed by atoms with van der Waals surface area (Å²) in [5.41, 5.74) is 5.62. The first kappa shape index (κ1) is 19.1. The first-order valence-electron chi connectivity index (χ1n) is 9.86. The van der Waals surface area contributed by atoms with E-state index in [1.54, 1.807) is 12.1 Å². The number of hydrogen-bond donors (Lipinski definition) is 1. The highest BCUT2D eigenvalue weighted by molar-refractivity contribution is 5.62. The Bertz CT molecular complexity index is 1010. The van der Waals surface area contributed by atoms with Gasteiger partial charge in [-0.3, -0.25) is 10.00 Å². The highest BCUT2D eigenvalue weighted by Crippen LogP contribution is 2.23. The summed E-state index contributed by atoms with van der Waals surface area (Å²) in [5.74, 6) is -0.233. The van der Waals surface area contributed by atoms with Gasteiger partial charge in [-0.05, 0) is 41.8 Å². The third-order valence-electron chi connectivity index (χ3n) is 5.05. The number of halogens is 1. The van der Waals surface area contributed by atoms with Crippen molar-refractivity contribution in [1.82, 2.24) is 15.1 Å². The van der Waals surface area contributed by atoms with E-state index in [9.17, 15) is 4.39 Å². The molecule has 0 bridgehead atoms. The fraction of sp³-hybridized carbons (Fsp3) is 0.160. The van der Waals surface area contributed by atoms with Crippen LogP contribution in [0.1, 0.15) is 16.7 Å². The molecule has 3 aromatic carbocycles. The summed E-state index contributed by atoms with van der Waals surface area (Å²) in [6, 6.07) is 27.6. The maximum absolute atomic E-state index is 13.3. The fourth-order valence-electron chi connectivity index (χ4n) is 3.53. The summed E-state index contributed by atoms with van der Waals surface area (Å²) in [4.78, 5) is 2.43. The number of benzene rings is 3. The molecule has 1 N–H and O–H groups in total. The van der Waals surface area contributed by atoms with E-state index in [1.807, 2.05) is 18.3 Å². The minimum absolute atomic E-state index is 0.233. The van der Waals surface area contributed by atoms with Crippen molar-refractivity contribution in [2.24, 2.45) is 0 Å². The van der Waals surface area contributed by atoms with Gasteiger partial charge >= 0.3 is 0 Å². The molecular formula is C25H24FN3. The lowest BCUT2D eigenvalue weighted by atomic mass is 10.1. The second kappa shape index (κ2) is 9.30. The molecular weight excluding hydrogens is 361 g/mol. The molecule has 3 nitrogen and oxygen atoms in total. The van der Waals surface area contributed by atoms with Gasteiger partial charge in [0.15, 0.2) is 0 Å². The topological polar surface area (TPSA) is 31.9 Å². The van der Waals surface area contributed by atoms with Crippen LogP contribution in [0, 0.1) is 5.82 Å². The van der Waals surface area contributed by atoms with Crippen molar-refractivity contribution in [3.63, 3.8) is 0 Å². The maximum Gasteiger partial charge on any atom is 0.123 e. The van der Waals surface area contributed by atoms with E-state index in [0.717, 1.165) is 42.9 Å². The number of hydrogen-bond acceptors (Lipinski definition) is 2. The number of H-pyrrole nitrogens is 1. The summed E-state index contributed by atoms with van der Waals surface area (Å²) in [6.45, 7) is 2.57. The van der Waals surface area contributed by atoms with Crippen LogP contribution in [0.4, 0.5) is 4.39 Å². The van der Waals surface area contributed by atoms with Gasteiger partial charge in [-0.2, -0.15) is 5.10 Å². The van der Waals surface area contributed by atoms with Crippen LogP contribution in [-0.4, -0.2) is 21.6 Å². The number of rotatable bonds is 8. The third kappa shape index (κ3) is 5.18. The Morgan fingerprint density at radius 2 is 1.41 bits per heavy atom. The number of nitrogens with one attached hydrogen (secondary N) is 1. The summed E-state index contributed by atoms with van der Waals surface area (Å²) in [7, 11) is 0. The van der Waals surface area contributed by atoms with Gasteiger partial charge in [0.25, 0.3) is 0 Å². The largest absolute Gasteiger partial charge is 0.294 e. The molecule has 0 amide bonds. The Hall–Kier alpha value is -3.24. The van der Waals surface area contributed by atoms with Crippen molar-refractivity contribution < 1.29 is 4.39 Å². The SMILES string of the molecule is Fc1ccc(-c2[nH]ncc2CN(CCc2ccccc2)Cc2ccccc2)cc1. The van der Waals surface area contributed by atoms with E-state index >= 15 is 0 Å². The van der Waals surface area contributed by atoms with E-state index in [1.165, 1.54) is 23.3 Å². The van der Waals surface area contributed by atoms with Gasteiger partial charge in [-0.25, -0.2) is 4.39 Å². The maximum atomic E-state index is 13.3. The highest BCUT2D eigenvalue weighted by Gasteiger charge is 2.13. The third-order valence-corrected chi connectivity index (χ3v) is 5.05. The summed E-state index contributed by atoms with van der Waals surface area (Å²) < 4.78 is 13.3. The lowest BCUT2D eigenvalue weighted by Crippen LogP contribution is -2.25. The molecule has 0 unspecified atom stereocenters. The number of aromatic amines is 1. The second-order valence-corrected chi connectivity index (χ2v) is 7.21. The average Bonchev–Trinajstić information content (AvgIpc) is 3.22. The van der Waals surface area contributed by atoms with Gasteiger partial charge in [0.2, 0.25) is 0 Å². The van der Waals surface area contributed by atoms with E-state index in [-0.39, 0.29) is 5.82 Å². The van der Waals surface area contributed by atoms with Crippen LogP contribution in [-0.2, 0) is 19.5 Å². The molecule has 4 heteroatoms. The normalized spacial score (nSPS) is 11.1. The van der Waals surface area contributed by atoms with Crippen molar-refractivity contribution in [3.8, 4) is 11.3 Å². The Labute approximate surface area is 170 Å². The predicted octanol–water partition coefficient (Wildman–Crippen LogP) is 5.46. The molecule has 1 heterocycles. The molecule has 146 valence electrons. The van der Waals surface area contributed by atoms with Crippen LogP contribution in [0.2, 0.25) is 0 Å². The van der Waals surface area contributed by atoms with Crippen LogP contribution in [0.25, 0.3) is 11.3 Å². The van der Waals surface area contributed by atoms with Crippen LogP contribution < -0.4 is 0 Å². The molecule has 0 saturated heterocycles. The van der Waals surface area contributed by atoms with E-state index in [4.69, 9.17) is 0 Å². The Balaban J connectivity index is 1.53. The van der Waals surface area contributed by atoms with Crippen LogP contribution in [0.3, 0.4) is 0 Å². The van der Waals surface area contributed by atoms with Crippen LogP contribution >= 0.6 is 0 Å². The van der Waals surface area contributed by atoms with Gasteiger partial charge < -0.3 is 0 Å². The Morgan fingerprint density at radius 3 is 2.10 bits per heavy atom. The molecule has 0 aliphatic carbocycles. The van der Waals surface area contributed by atoms with Crippen molar-refractivity contribution in [2.45, 2.75) is 19.5 Å². The zero-order valence-corrected chi connectivity index (χ0v) is 16.3. The van der Waals surface area contributed by atoms with Gasteiger partial charge in [-0.1, -0.05) is 60.7 Å². The lowest BCUT2D eigenvalue weighted by molar-refractivity contribution is 0.260. The average molecular weight is 385 g/mol. The molecule has 4 aromatic rings. The molecule has 29 heavy (non-hydrogen) atoms. The predicted molar refractivity (Wildman–Crippen MR) is 115 cm³/mol. The van der Waals surface area contributed by atoms with E-state index < -0.39 is 0 Å². The second-order valence-electron chi connectivity index (χ2n) is 7.21. The standard InChI is InChI=1S/C25H24FN3/c26-24-13-11-22(12-14-24)25-23(17-27-28-25)19-29(18-21-9-5-2-6-10-21)16-15-20-7-3-1-4-8-20/h1-14,17H,15-16,18-19H2,(H,27,28). The van der Waals surface area contributed by atoms with Gasteiger partial charge in [0.1, 0.15) is 5.82 Å². The highest BCUT2D eigenvalue weighted by atomic mass is 19.1. The molecule has 0 atom stereocenters. The van der Waals surface area contributed by atoms with Crippen molar-refractivity contribution in [1.29, 1.82) is 0 Å². The van der Waals surface area contributed by atoms with Crippen LogP contribution in [0.15, 0.2) is 91.1 Å². The lowest BCUT2D eigenvalue weighted by Gasteiger charge is -2.22. The monoisotopic (exact) mass is 385 g/mol. The quantitative estimate of drug-likeness (QED) is 0.437. The summed E-state index contributed by atoms with van der Waals surface area (Å²) in [6.07, 6.45) is 2.86. The van der Waals surface area contributed by atoms with Gasteiger partial charge in [-0.15, -0.1) is 0 Å². The zero-order chi connectivity index (χ0) is 19.9. The van der Waals surface area contributed by atoms with Crippen LogP contribution in [0.5, 0.6) is 0 Å². The summed E-state index contributed by atoms with van der Waals surface area (Å²) >= 11 is 0. The first-order valence-corrected chi connectivity index (χ1v) is 9.86. The first-order chi connectivity index (χ1) is 14.3. The zero-order valence-electron chi connectivity index (χ0n) is 16.3. The molecule has 0 aliphatic rings. The van der Waals surface area contributed by atoms with E-state index in [0.29, 0.717) is 0 Å². The van der Waals surface area contributed by atoms with Gasteiger partial charge in [0, 0.05) is 30.8 Å². The minimum atomic E-state index is -0.233. The smallest absolute Gasteiger partial charge is 0.123 e. The molecule has 4 rings (SSSR count). The Kier molecular flexibility index (Phi) is 6.13. The van der Waals surface area contributed by atoms with Crippen molar-refractivity contribution in [2.75, 3.05) is 6.54 Å². The molecule has 1 aromatic heterocycles. The molecule has 0 radical (unpaired) electrons. The van der Waals surface area contributed by atoms with Crippen molar-refractivity contribution >= 4 is 0 Å². The molecule has 0 spiro atoms. The number of aromatic nitrogens is 2. The fourth-order valence-corrected chi connectivity index (χ4v) is 3.53. The molecule has 0 aliphatic heterocycles. The minimum Gasteiger partial charge on any atom is -0.294 e. The van der Waals surface area contributed by atoms with Gasteiger partial charge in [0.05, 0.1) is 11.9 Å².